The van der Waals surface area contributed by atoms with Crippen molar-refractivity contribution in [3.05, 3.63) is 167 Å². The van der Waals surface area contributed by atoms with Crippen LogP contribution in [0.2, 0.25) is 0 Å². The third kappa shape index (κ3) is 5.28. The van der Waals surface area contributed by atoms with E-state index in [1.165, 1.54) is 11.1 Å². The first-order valence-corrected chi connectivity index (χ1v) is 17.0. The lowest BCUT2D eigenvalue weighted by molar-refractivity contribution is 1.31. The highest BCUT2D eigenvalue weighted by Crippen LogP contribution is 2.38. The van der Waals surface area contributed by atoms with Crippen molar-refractivity contribution in [1.82, 2.24) is 19.9 Å². The van der Waals surface area contributed by atoms with Crippen molar-refractivity contribution in [2.45, 2.75) is 13.8 Å². The predicted molar refractivity (Wildman–Crippen MR) is 210 cm³/mol. The molecule has 0 saturated heterocycles. The number of H-pyrrole nitrogens is 2. The molecule has 0 radical (unpaired) electrons. The lowest BCUT2D eigenvalue weighted by Gasteiger charge is -2.07. The topological polar surface area (TPSA) is 57.4 Å². The maximum absolute atomic E-state index is 5.39. The van der Waals surface area contributed by atoms with E-state index < -0.39 is 0 Å². The lowest BCUT2D eigenvalue weighted by atomic mass is 10.0. The van der Waals surface area contributed by atoms with E-state index in [0.29, 0.717) is 0 Å². The zero-order valence-corrected chi connectivity index (χ0v) is 27.9. The van der Waals surface area contributed by atoms with Gasteiger partial charge in [-0.25, -0.2) is 9.97 Å². The molecule has 0 saturated carbocycles. The monoisotopic (exact) mass is 642 g/mol. The normalized spacial score (nSPS) is 12.0. The molecule has 50 heavy (non-hydrogen) atoms. The first kappa shape index (κ1) is 29.6. The van der Waals surface area contributed by atoms with Crippen molar-refractivity contribution in [2.75, 3.05) is 0 Å². The molecular weight excluding hydrogens is 609 g/mol. The van der Waals surface area contributed by atoms with Crippen LogP contribution in [0, 0.1) is 13.8 Å². The average molecular weight is 643 g/mol. The standard InChI is InChI=1S/C46H34N4/c1-29-13-17-33(18-14-29)45-39-25-23-37(48-39)43(31-9-5-3-6-10-31)35-21-22-36(47-35)44(32-11-7-4-8-12-32)38-24-26-40(49-38)46(42-28-27-41(45)50-42)34-19-15-30(2)16-20-34/h3-28,48-49H,1-2H3. The summed E-state index contributed by atoms with van der Waals surface area (Å²) < 4.78 is 0. The van der Waals surface area contributed by atoms with Crippen molar-refractivity contribution >= 4 is 46.4 Å². The van der Waals surface area contributed by atoms with E-state index in [9.17, 15) is 0 Å². The summed E-state index contributed by atoms with van der Waals surface area (Å²) in [7, 11) is 0. The number of aromatic amines is 2. The van der Waals surface area contributed by atoms with E-state index in [1.807, 2.05) is 0 Å². The number of aryl methyl sites for hydroxylation is 2. The Morgan fingerprint density at radius 1 is 0.320 bits per heavy atom. The smallest absolute Gasteiger partial charge is 0.0737 e. The van der Waals surface area contributed by atoms with Gasteiger partial charge in [0.05, 0.1) is 22.8 Å². The number of rotatable bonds is 4. The molecule has 2 aliphatic heterocycles. The molecule has 8 bridgehead atoms. The molecule has 9 rings (SSSR count). The minimum atomic E-state index is 0.907. The van der Waals surface area contributed by atoms with Gasteiger partial charge in [-0.15, -0.1) is 0 Å². The van der Waals surface area contributed by atoms with Gasteiger partial charge in [0.2, 0.25) is 0 Å². The minimum Gasteiger partial charge on any atom is -0.354 e. The third-order valence-electron chi connectivity index (χ3n) is 9.56. The SMILES string of the molecule is Cc1ccc(-c2c3nc(c(-c4ccc(C)cc4)c4ccc([nH]4)c(-c4ccccc4)c4nc(c(-c5ccccc5)c5ccc2[nH]5)C=C4)C=C3)cc1. The van der Waals surface area contributed by atoms with E-state index in [2.05, 4.69) is 182 Å². The minimum absolute atomic E-state index is 0.907. The van der Waals surface area contributed by atoms with Gasteiger partial charge in [-0.2, -0.15) is 0 Å². The van der Waals surface area contributed by atoms with Crippen LogP contribution in [-0.2, 0) is 0 Å². The lowest BCUT2D eigenvalue weighted by Crippen LogP contribution is -1.90. The first-order valence-electron chi connectivity index (χ1n) is 17.0. The van der Waals surface area contributed by atoms with Gasteiger partial charge in [0.1, 0.15) is 0 Å². The highest BCUT2D eigenvalue weighted by Gasteiger charge is 2.18. The second-order valence-corrected chi connectivity index (χ2v) is 13.0. The van der Waals surface area contributed by atoms with Crippen molar-refractivity contribution in [3.8, 4) is 44.5 Å². The summed E-state index contributed by atoms with van der Waals surface area (Å²) in [6.07, 6.45) is 8.58. The Kier molecular flexibility index (Phi) is 7.21. The molecular formula is C46H34N4. The average Bonchev–Trinajstić information content (AvgIpc) is 3.98. The van der Waals surface area contributed by atoms with Gasteiger partial charge in [-0.1, -0.05) is 120 Å². The van der Waals surface area contributed by atoms with Gasteiger partial charge in [-0.3, -0.25) is 0 Å². The summed E-state index contributed by atoms with van der Waals surface area (Å²) in [6.45, 7) is 4.24. The largest absolute Gasteiger partial charge is 0.354 e. The molecule has 4 nitrogen and oxygen atoms in total. The summed E-state index contributed by atoms with van der Waals surface area (Å²) in [5.74, 6) is 0. The van der Waals surface area contributed by atoms with Gasteiger partial charge in [0, 0.05) is 44.3 Å². The number of nitrogens with zero attached hydrogens (tertiary/aromatic N) is 2. The fourth-order valence-corrected chi connectivity index (χ4v) is 7.07. The highest BCUT2D eigenvalue weighted by atomic mass is 14.8. The molecule has 3 aromatic heterocycles. The van der Waals surface area contributed by atoms with Crippen LogP contribution < -0.4 is 0 Å². The molecule has 0 fully saturated rings. The van der Waals surface area contributed by atoms with Crippen molar-refractivity contribution in [3.63, 3.8) is 0 Å². The summed E-state index contributed by atoms with van der Waals surface area (Å²) >= 11 is 0. The molecule has 4 heteroatoms. The van der Waals surface area contributed by atoms with Crippen LogP contribution >= 0.6 is 0 Å². The number of hydrogen-bond acceptors (Lipinski definition) is 2. The van der Waals surface area contributed by atoms with Gasteiger partial charge >= 0.3 is 0 Å². The van der Waals surface area contributed by atoms with Gasteiger partial charge < -0.3 is 9.97 Å². The summed E-state index contributed by atoms with van der Waals surface area (Å²) in [5.41, 5.74) is 18.6. The molecule has 5 heterocycles. The zero-order valence-electron chi connectivity index (χ0n) is 27.9. The van der Waals surface area contributed by atoms with Gasteiger partial charge in [0.15, 0.2) is 0 Å². The Labute approximate surface area is 291 Å². The molecule has 2 aliphatic rings. The Hall–Kier alpha value is -6.52. The molecule has 2 N–H and O–H groups in total. The van der Waals surface area contributed by atoms with Crippen LogP contribution in [0.4, 0.5) is 0 Å². The number of fused-ring (bicyclic) bond motifs is 8. The fraction of sp³-hybridized carbons (Fsp3) is 0.0435. The molecule has 0 spiro atoms. The van der Waals surface area contributed by atoms with Crippen LogP contribution in [0.15, 0.2) is 133 Å². The van der Waals surface area contributed by atoms with E-state index in [0.717, 1.165) is 89.4 Å². The van der Waals surface area contributed by atoms with E-state index in [4.69, 9.17) is 9.97 Å². The third-order valence-corrected chi connectivity index (χ3v) is 9.56. The number of nitrogens with one attached hydrogen (secondary N) is 2. The number of aromatic nitrogens is 4. The maximum atomic E-state index is 5.39. The molecule has 0 unspecified atom stereocenters. The van der Waals surface area contributed by atoms with Crippen molar-refractivity contribution in [1.29, 1.82) is 0 Å². The Morgan fingerprint density at radius 2 is 0.600 bits per heavy atom. The first-order chi connectivity index (χ1) is 24.6. The molecule has 0 aliphatic carbocycles. The second kappa shape index (κ2) is 12.2. The summed E-state index contributed by atoms with van der Waals surface area (Å²) in [6, 6.07) is 47.1. The van der Waals surface area contributed by atoms with Crippen LogP contribution in [0.25, 0.3) is 90.9 Å². The van der Waals surface area contributed by atoms with E-state index in [-0.39, 0.29) is 0 Å². The molecule has 0 atom stereocenters. The fourth-order valence-electron chi connectivity index (χ4n) is 7.07. The summed E-state index contributed by atoms with van der Waals surface area (Å²) in [4.78, 5) is 18.4. The Bertz CT molecular complexity index is 2440. The zero-order chi connectivity index (χ0) is 33.6. The van der Waals surface area contributed by atoms with E-state index >= 15 is 0 Å². The van der Waals surface area contributed by atoms with Crippen LogP contribution in [0.3, 0.4) is 0 Å². The van der Waals surface area contributed by atoms with Crippen LogP contribution in [0.5, 0.6) is 0 Å². The number of benzene rings is 4. The van der Waals surface area contributed by atoms with Gasteiger partial charge in [0.25, 0.3) is 0 Å². The summed E-state index contributed by atoms with van der Waals surface area (Å²) in [5, 5.41) is 0. The number of hydrogen-bond donors (Lipinski definition) is 2. The van der Waals surface area contributed by atoms with Gasteiger partial charge in [-0.05, 0) is 84.7 Å². The van der Waals surface area contributed by atoms with Crippen LogP contribution in [0.1, 0.15) is 33.9 Å². The maximum Gasteiger partial charge on any atom is 0.0737 e. The molecule has 238 valence electrons. The predicted octanol–water partition coefficient (Wildman–Crippen LogP) is 11.9. The molecule has 4 aromatic carbocycles. The highest BCUT2D eigenvalue weighted by molar-refractivity contribution is 5.99. The van der Waals surface area contributed by atoms with E-state index in [1.54, 1.807) is 0 Å². The van der Waals surface area contributed by atoms with Crippen molar-refractivity contribution in [2.24, 2.45) is 0 Å². The quantitative estimate of drug-likeness (QED) is 0.201. The molecule has 7 aromatic rings. The Morgan fingerprint density at radius 3 is 0.900 bits per heavy atom. The Balaban J connectivity index is 1.48. The van der Waals surface area contributed by atoms with Crippen molar-refractivity contribution < 1.29 is 0 Å². The van der Waals surface area contributed by atoms with Crippen LogP contribution in [-0.4, -0.2) is 19.9 Å². The second-order valence-electron chi connectivity index (χ2n) is 13.0. The molecule has 0 amide bonds.